The number of benzene rings is 12. The van der Waals surface area contributed by atoms with Gasteiger partial charge in [0.05, 0.1) is 28.2 Å². The third-order valence-corrected chi connectivity index (χ3v) is 26.8. The molecular formula is C102H84N10O3Pt3Si. The van der Waals surface area contributed by atoms with E-state index in [9.17, 15) is 15.3 Å². The monoisotopic (exact) mass is 2110 g/mol. The Morgan fingerprint density at radius 1 is 0.361 bits per heavy atom. The number of hydrogen-bond donors (Lipinski definition) is 3. The standard InChI is InChI=1S/C36H31N3O.C35H31N3OSi.C31H22N4O.3Pt/c1-35(2,39-25-24-38(27-39)32-20-9-10-21-33(32)40)30-18-13-19-31(26-30)36(28-14-5-3-6-15-28,29-16-7-4-8-17-29)34-22-11-12-23-37-34;1-35(2,38-25-24-37(27-38)32-20-9-10-21-33(32)39)28-14-13-19-31(26-28)40(29-15-5-3-6-16-29,30-17-7-4-8-18-30)34-22-11-12-23-36-34;36-30-14-6-5-13-28(30)34-21-33(26-11-3-4-12-27(26)34)20-22-16-17-24-23-9-1-2-10-25(23)35(29(24)19-22)31-15-7-8-18-32-31;;;/h3-25,27,40H,1-2H3;3-25,27,39H,1-2H3;1-18,21,36H,20H2;;;/q3*-2;3*+2. The van der Waals surface area contributed by atoms with E-state index in [1.807, 2.05) is 193 Å². The summed E-state index contributed by atoms with van der Waals surface area (Å²) in [7, 11) is -2.78. The molecule has 12 aromatic carbocycles. The zero-order valence-corrected chi connectivity index (χ0v) is 73.5. The molecule has 0 saturated heterocycles. The van der Waals surface area contributed by atoms with Crippen LogP contribution in [0, 0.1) is 38.2 Å². The summed E-state index contributed by atoms with van der Waals surface area (Å²) >= 11 is 0. The first-order chi connectivity index (χ1) is 56.8. The summed E-state index contributed by atoms with van der Waals surface area (Å²) in [5.74, 6) is 1.61. The van der Waals surface area contributed by atoms with Crippen molar-refractivity contribution >= 4 is 79.2 Å². The van der Waals surface area contributed by atoms with Gasteiger partial charge >= 0.3 is 63.2 Å². The van der Waals surface area contributed by atoms with Crippen LogP contribution < -0.4 is 40.5 Å². The molecular weight excluding hydrogens is 2030 g/mol. The van der Waals surface area contributed by atoms with Crippen LogP contribution in [0.2, 0.25) is 0 Å². The Bertz CT molecular complexity index is 5730. The second-order valence-electron chi connectivity index (χ2n) is 29.8. The van der Waals surface area contributed by atoms with E-state index in [4.69, 9.17) is 9.97 Å². The number of pyridine rings is 3. The topological polar surface area (TPSA) is 124 Å². The molecule has 0 saturated carbocycles. The maximum absolute atomic E-state index is 10.5. The summed E-state index contributed by atoms with van der Waals surface area (Å²) in [6.45, 7) is 15.5. The van der Waals surface area contributed by atoms with Gasteiger partial charge in [-0.05, 0) is 177 Å². The van der Waals surface area contributed by atoms with Crippen LogP contribution in [0.4, 0.5) is 28.4 Å². The number of fused-ring (bicyclic) bond motifs is 4. The van der Waals surface area contributed by atoms with Gasteiger partial charge in [0.15, 0.2) is 8.07 Å². The minimum atomic E-state index is -2.78. The Kier molecular flexibility index (Phi) is 25.5. The van der Waals surface area contributed by atoms with Crippen LogP contribution in [0.15, 0.2) is 389 Å². The number of aromatic nitrogens is 4. The fourth-order valence-corrected chi connectivity index (χ4v) is 20.7. The number of para-hydroxylation sites is 9. The molecule has 119 heavy (non-hydrogen) atoms. The first kappa shape index (κ1) is 83.3. The first-order valence-electron chi connectivity index (χ1n) is 38.8. The largest absolute Gasteiger partial charge is 2.00 e. The second kappa shape index (κ2) is 36.4. The van der Waals surface area contributed by atoms with E-state index in [1.54, 1.807) is 18.2 Å². The van der Waals surface area contributed by atoms with Gasteiger partial charge < -0.3 is 49.3 Å². The predicted molar refractivity (Wildman–Crippen MR) is 470 cm³/mol. The average molecular weight is 2110 g/mol. The molecule has 3 N–H and O–H groups in total. The summed E-state index contributed by atoms with van der Waals surface area (Å²) in [6.07, 6.45) is 13.6. The van der Waals surface area contributed by atoms with E-state index >= 15 is 0 Å². The molecule has 0 atom stereocenters. The Morgan fingerprint density at radius 3 is 1.36 bits per heavy atom. The third kappa shape index (κ3) is 16.2. The van der Waals surface area contributed by atoms with Gasteiger partial charge in [-0.3, -0.25) is 9.97 Å². The van der Waals surface area contributed by atoms with E-state index in [0.29, 0.717) is 6.54 Å². The zero-order chi connectivity index (χ0) is 79.2. The molecule has 4 aromatic heterocycles. The Morgan fingerprint density at radius 2 is 0.824 bits per heavy atom. The van der Waals surface area contributed by atoms with Gasteiger partial charge in [0, 0.05) is 51.9 Å². The smallest absolute Gasteiger partial charge is 0.506 e. The molecule has 594 valence electrons. The normalized spacial score (nSPS) is 13.0. The van der Waals surface area contributed by atoms with Gasteiger partial charge in [-0.1, -0.05) is 212 Å². The van der Waals surface area contributed by atoms with Crippen LogP contribution in [0.25, 0.3) is 27.6 Å². The molecule has 0 aliphatic carbocycles. The van der Waals surface area contributed by atoms with Crippen molar-refractivity contribution in [1.82, 2.24) is 29.3 Å². The SMILES string of the molecule is CC(C)(c1[c-]c(C(c2ccccc2)(c2ccccc2)c2ccccn2)ccc1)N1C=CN(c2ccccc2O)[CH-]1.CC(C)(c1[c-]c([Si](c2ccccc2)(c2ccccc2)c2ccccn2)ccc1)N1C=CN(c2ccccc2O)[CH-]1.Oc1ccccc1N1[CH-]N(Cc2[c-]c3c(cc2)c2ccccc2n3-c2ccccn2)c2ccccc21.[Pt+2].[Pt+2].[Pt+2]. The maximum Gasteiger partial charge on any atom is 2.00 e. The predicted octanol–water partition coefficient (Wildman–Crippen LogP) is 19.2. The molecule has 0 fully saturated rings. The number of nitrogens with zero attached hydrogens (tertiary/aromatic N) is 10. The molecule has 0 amide bonds. The number of phenols is 3. The van der Waals surface area contributed by atoms with Crippen molar-refractivity contribution in [1.29, 1.82) is 0 Å². The van der Waals surface area contributed by atoms with Gasteiger partial charge in [0.2, 0.25) is 0 Å². The van der Waals surface area contributed by atoms with E-state index in [1.165, 1.54) is 15.8 Å². The van der Waals surface area contributed by atoms with Crippen molar-refractivity contribution in [3.8, 4) is 23.1 Å². The van der Waals surface area contributed by atoms with Crippen molar-refractivity contribution < 1.29 is 78.5 Å². The van der Waals surface area contributed by atoms with Crippen molar-refractivity contribution in [2.24, 2.45) is 0 Å². The summed E-state index contributed by atoms with van der Waals surface area (Å²) in [4.78, 5) is 27.0. The zero-order valence-electron chi connectivity index (χ0n) is 65.7. The van der Waals surface area contributed by atoms with Crippen LogP contribution in [-0.4, -0.2) is 52.7 Å². The number of aromatic hydroxyl groups is 3. The fraction of sp³-hybridized carbons (Fsp3) is 0.0784. The summed E-state index contributed by atoms with van der Waals surface area (Å²) in [6, 6.07) is 129. The van der Waals surface area contributed by atoms with Crippen LogP contribution in [0.1, 0.15) is 66.8 Å². The molecule has 3 aliphatic rings. The first-order valence-corrected chi connectivity index (χ1v) is 40.8. The van der Waals surface area contributed by atoms with Gasteiger partial charge in [-0.25, -0.2) is 4.98 Å². The average Bonchev–Trinajstić information content (AvgIpc) is 1.63. The molecule has 7 heterocycles. The van der Waals surface area contributed by atoms with E-state index in [2.05, 4.69) is 282 Å². The molecule has 0 spiro atoms. The quantitative estimate of drug-likeness (QED) is 0.0430. The Labute approximate surface area is 740 Å². The van der Waals surface area contributed by atoms with Crippen LogP contribution in [-0.2, 0) is 86.2 Å². The summed E-state index contributed by atoms with van der Waals surface area (Å²) in [5.41, 5.74) is 12.3. The Balaban J connectivity index is 0.000000145. The number of rotatable bonds is 18. The summed E-state index contributed by atoms with van der Waals surface area (Å²) in [5, 5.41) is 38.4. The van der Waals surface area contributed by atoms with Crippen molar-refractivity contribution in [3.63, 3.8) is 0 Å². The Hall–Kier alpha value is -12.1. The van der Waals surface area contributed by atoms with Crippen LogP contribution in [0.5, 0.6) is 17.2 Å². The van der Waals surface area contributed by atoms with E-state index < -0.39 is 24.6 Å². The molecule has 0 radical (unpaired) electrons. The van der Waals surface area contributed by atoms with Crippen molar-refractivity contribution in [3.05, 3.63) is 466 Å². The van der Waals surface area contributed by atoms with E-state index in [-0.39, 0.29) is 80.4 Å². The van der Waals surface area contributed by atoms with Gasteiger partial charge in [0.25, 0.3) is 0 Å². The molecule has 16 aromatic rings. The number of hydrogen-bond acceptors (Lipinski definition) is 12. The van der Waals surface area contributed by atoms with Crippen LogP contribution in [0.3, 0.4) is 0 Å². The molecule has 3 aliphatic heterocycles. The molecule has 13 nitrogen and oxygen atoms in total. The van der Waals surface area contributed by atoms with Gasteiger partial charge in [-0.15, -0.1) is 34.3 Å². The minimum Gasteiger partial charge on any atom is -0.506 e. The van der Waals surface area contributed by atoms with Gasteiger partial charge in [0.1, 0.15) is 23.1 Å². The fourth-order valence-electron chi connectivity index (χ4n) is 16.2. The van der Waals surface area contributed by atoms with Crippen molar-refractivity contribution in [2.45, 2.75) is 50.7 Å². The molecule has 17 heteroatoms. The second-order valence-corrected chi connectivity index (χ2v) is 33.5. The van der Waals surface area contributed by atoms with E-state index in [0.717, 1.165) is 100 Å². The molecule has 19 rings (SSSR count). The molecule has 0 unspecified atom stereocenters. The van der Waals surface area contributed by atoms with Crippen molar-refractivity contribution in [2.75, 3.05) is 19.6 Å². The van der Waals surface area contributed by atoms with Crippen LogP contribution >= 0.6 is 0 Å². The molecule has 0 bridgehead atoms. The van der Waals surface area contributed by atoms with Gasteiger partial charge in [-0.2, -0.15) is 85.3 Å². The number of phenolic OH excluding ortho intramolecular Hbond substituents is 3. The summed E-state index contributed by atoms with van der Waals surface area (Å²) < 4.78 is 2.18. The third-order valence-electron chi connectivity index (χ3n) is 22.2. The number of anilines is 5. The maximum atomic E-state index is 10.5. The minimum absolute atomic E-state index is 0.